The van der Waals surface area contributed by atoms with Crippen LogP contribution in [0, 0.1) is 5.92 Å². The van der Waals surface area contributed by atoms with Gasteiger partial charge in [0.1, 0.15) is 0 Å². The van der Waals surface area contributed by atoms with E-state index in [2.05, 4.69) is 19.6 Å². The fraction of sp³-hybridized carbons (Fsp3) is 0.909. The molecule has 0 aliphatic heterocycles. The van der Waals surface area contributed by atoms with Crippen molar-refractivity contribution in [3.05, 3.63) is 0 Å². The Kier molecular flexibility index (Phi) is 4.34. The summed E-state index contributed by atoms with van der Waals surface area (Å²) in [5.41, 5.74) is 0. The quantitative estimate of drug-likeness (QED) is 0.594. The van der Waals surface area contributed by atoms with Gasteiger partial charge < -0.3 is 9.84 Å². The van der Waals surface area contributed by atoms with Gasteiger partial charge in [-0.25, -0.2) is 0 Å². The zero-order valence-electron chi connectivity index (χ0n) is 9.95. The molecule has 0 radical (unpaired) electrons. The Labute approximate surface area is 92.8 Å². The topological polar surface area (TPSA) is 46.5 Å². The number of aliphatic hydroxyl groups is 1. The van der Waals surface area contributed by atoms with Crippen molar-refractivity contribution in [1.82, 2.24) is 0 Å². The van der Waals surface area contributed by atoms with Crippen molar-refractivity contribution in [2.24, 2.45) is 5.92 Å². The van der Waals surface area contributed by atoms with Crippen LogP contribution in [0.4, 0.5) is 0 Å². The van der Waals surface area contributed by atoms with Crippen molar-refractivity contribution in [1.29, 1.82) is 0 Å². The first-order valence-electron chi connectivity index (χ1n) is 5.73. The largest absolute Gasteiger partial charge is 0.466 e. The van der Waals surface area contributed by atoms with Crippen molar-refractivity contribution in [3.8, 4) is 0 Å². The summed E-state index contributed by atoms with van der Waals surface area (Å²) in [6.07, 6.45) is 1.83. The lowest BCUT2D eigenvalue weighted by Gasteiger charge is -2.16. The molecule has 1 rings (SSSR count). The molecule has 0 aromatic heterocycles. The zero-order valence-corrected chi connectivity index (χ0v) is 11.0. The van der Waals surface area contributed by atoms with Crippen molar-refractivity contribution in [3.63, 3.8) is 0 Å². The van der Waals surface area contributed by atoms with E-state index in [4.69, 9.17) is 4.74 Å². The highest BCUT2D eigenvalue weighted by Gasteiger charge is 2.29. The molecule has 1 N–H and O–H groups in total. The number of carbonyl (C=O) groups excluding carboxylic acids is 1. The van der Waals surface area contributed by atoms with Crippen LogP contribution in [0.15, 0.2) is 0 Å². The first-order chi connectivity index (χ1) is 6.88. The molecule has 0 bridgehead atoms. The van der Waals surface area contributed by atoms with Crippen LogP contribution >= 0.6 is 0 Å². The van der Waals surface area contributed by atoms with E-state index in [9.17, 15) is 9.90 Å². The average molecular weight is 230 g/mol. The minimum atomic E-state index is -1.10. The molecule has 0 aromatic rings. The van der Waals surface area contributed by atoms with Gasteiger partial charge in [-0.1, -0.05) is 19.6 Å². The van der Waals surface area contributed by atoms with Gasteiger partial charge >= 0.3 is 5.97 Å². The summed E-state index contributed by atoms with van der Waals surface area (Å²) in [6.45, 7) is 7.35. The standard InChI is InChI=1S/C11H22O3Si/c1-15(2,3)7-6-14-11(13)9-4-5-10(12)8-9/h9-10,12H,4-8H2,1-3H3/t9-,10+/m0/s1. The predicted molar refractivity (Wildman–Crippen MR) is 62.5 cm³/mol. The van der Waals surface area contributed by atoms with E-state index in [0.29, 0.717) is 13.0 Å². The number of hydrogen-bond acceptors (Lipinski definition) is 3. The van der Waals surface area contributed by atoms with Gasteiger partial charge in [0.2, 0.25) is 0 Å². The summed E-state index contributed by atoms with van der Waals surface area (Å²) in [7, 11) is -1.10. The fourth-order valence-corrected chi connectivity index (χ4v) is 2.46. The molecule has 15 heavy (non-hydrogen) atoms. The van der Waals surface area contributed by atoms with Crippen LogP contribution in [0.3, 0.4) is 0 Å². The Morgan fingerprint density at radius 3 is 2.53 bits per heavy atom. The molecule has 0 unspecified atom stereocenters. The van der Waals surface area contributed by atoms with Crippen LogP contribution in [-0.4, -0.2) is 31.9 Å². The molecule has 3 nitrogen and oxygen atoms in total. The van der Waals surface area contributed by atoms with E-state index in [0.717, 1.165) is 18.9 Å². The highest BCUT2D eigenvalue weighted by Crippen LogP contribution is 2.26. The number of esters is 1. The van der Waals surface area contributed by atoms with Gasteiger partial charge in [0.15, 0.2) is 0 Å². The van der Waals surface area contributed by atoms with Gasteiger partial charge in [-0.05, 0) is 25.3 Å². The molecular formula is C11H22O3Si. The molecule has 0 amide bonds. The molecule has 0 aromatic carbocycles. The number of hydrogen-bond donors (Lipinski definition) is 1. The van der Waals surface area contributed by atoms with Gasteiger partial charge in [-0.15, -0.1) is 0 Å². The van der Waals surface area contributed by atoms with Crippen molar-refractivity contribution < 1.29 is 14.6 Å². The maximum Gasteiger partial charge on any atom is 0.309 e. The summed E-state index contributed by atoms with van der Waals surface area (Å²) >= 11 is 0. The van der Waals surface area contributed by atoms with Crippen LogP contribution in [0.2, 0.25) is 25.7 Å². The normalized spacial score (nSPS) is 26.7. The summed E-state index contributed by atoms with van der Waals surface area (Å²) in [4.78, 5) is 11.6. The number of carbonyl (C=O) groups is 1. The van der Waals surface area contributed by atoms with Crippen molar-refractivity contribution >= 4 is 14.0 Å². The lowest BCUT2D eigenvalue weighted by molar-refractivity contribution is -0.148. The summed E-state index contributed by atoms with van der Waals surface area (Å²) in [6, 6.07) is 1.02. The SMILES string of the molecule is C[Si](C)(C)CCOC(=O)[C@H]1CC[C@@H](O)C1. The van der Waals surface area contributed by atoms with Gasteiger partial charge in [0, 0.05) is 8.07 Å². The first-order valence-corrected chi connectivity index (χ1v) is 9.44. The molecule has 0 heterocycles. The second-order valence-electron chi connectivity index (χ2n) is 5.64. The van der Waals surface area contributed by atoms with E-state index < -0.39 is 8.07 Å². The maximum atomic E-state index is 11.6. The highest BCUT2D eigenvalue weighted by atomic mass is 28.3. The number of aliphatic hydroxyl groups excluding tert-OH is 1. The highest BCUT2D eigenvalue weighted by molar-refractivity contribution is 6.76. The minimum absolute atomic E-state index is 0.0540. The summed E-state index contributed by atoms with van der Waals surface area (Å²) in [5.74, 6) is -0.161. The smallest absolute Gasteiger partial charge is 0.309 e. The zero-order chi connectivity index (χ0) is 11.5. The Morgan fingerprint density at radius 1 is 1.40 bits per heavy atom. The Hall–Kier alpha value is -0.353. The van der Waals surface area contributed by atoms with Crippen LogP contribution in [0.1, 0.15) is 19.3 Å². The molecule has 1 aliphatic rings. The average Bonchev–Trinajstić information content (AvgIpc) is 2.49. The first kappa shape index (κ1) is 12.7. The third-order valence-corrected chi connectivity index (χ3v) is 4.54. The monoisotopic (exact) mass is 230 g/mol. The van der Waals surface area contributed by atoms with E-state index in [-0.39, 0.29) is 18.0 Å². The second-order valence-corrected chi connectivity index (χ2v) is 11.3. The third-order valence-electron chi connectivity index (χ3n) is 2.83. The number of ether oxygens (including phenoxy) is 1. The van der Waals surface area contributed by atoms with E-state index in [1.54, 1.807) is 0 Å². The van der Waals surface area contributed by atoms with Crippen LogP contribution in [0.5, 0.6) is 0 Å². The Morgan fingerprint density at radius 2 is 2.07 bits per heavy atom. The molecule has 88 valence electrons. The van der Waals surface area contributed by atoms with Gasteiger partial charge in [-0.3, -0.25) is 4.79 Å². The van der Waals surface area contributed by atoms with E-state index in [1.807, 2.05) is 0 Å². The third kappa shape index (κ3) is 4.80. The minimum Gasteiger partial charge on any atom is -0.466 e. The number of rotatable bonds is 4. The Bertz CT molecular complexity index is 222. The fourth-order valence-electron chi connectivity index (χ4n) is 1.75. The van der Waals surface area contributed by atoms with Crippen molar-refractivity contribution in [2.45, 2.75) is 51.1 Å². The van der Waals surface area contributed by atoms with Crippen LogP contribution in [0.25, 0.3) is 0 Å². The van der Waals surface area contributed by atoms with Gasteiger partial charge in [0.25, 0.3) is 0 Å². The molecule has 1 aliphatic carbocycles. The molecule has 0 saturated heterocycles. The summed E-state index contributed by atoms with van der Waals surface area (Å²) in [5, 5.41) is 9.30. The Balaban J connectivity index is 2.19. The van der Waals surface area contributed by atoms with Crippen LogP contribution in [-0.2, 0) is 9.53 Å². The molecule has 1 fully saturated rings. The molecular weight excluding hydrogens is 208 g/mol. The van der Waals surface area contributed by atoms with Crippen molar-refractivity contribution in [2.75, 3.05) is 6.61 Å². The lowest BCUT2D eigenvalue weighted by atomic mass is 10.1. The second kappa shape index (κ2) is 5.12. The predicted octanol–water partition coefficient (Wildman–Crippen LogP) is 2.03. The molecule has 4 heteroatoms. The van der Waals surface area contributed by atoms with Gasteiger partial charge in [0.05, 0.1) is 18.6 Å². The van der Waals surface area contributed by atoms with E-state index >= 15 is 0 Å². The van der Waals surface area contributed by atoms with Gasteiger partial charge in [-0.2, -0.15) is 0 Å². The molecule has 0 spiro atoms. The summed E-state index contributed by atoms with van der Waals surface area (Å²) < 4.78 is 5.23. The van der Waals surface area contributed by atoms with E-state index in [1.165, 1.54) is 0 Å². The molecule has 1 saturated carbocycles. The molecule has 2 atom stereocenters. The van der Waals surface area contributed by atoms with Crippen LogP contribution < -0.4 is 0 Å². The lowest BCUT2D eigenvalue weighted by Crippen LogP contribution is -2.24. The maximum absolute atomic E-state index is 11.6.